The second-order valence-electron chi connectivity index (χ2n) is 5.84. The van der Waals surface area contributed by atoms with Gasteiger partial charge in [-0.2, -0.15) is 0 Å². The SMILES string of the molecule is CC(CC(=O)N1CCNC(=O)C1C)C1CCCNC1. The molecule has 5 nitrogen and oxygen atoms in total. The van der Waals surface area contributed by atoms with Crippen LogP contribution in [0.15, 0.2) is 0 Å². The lowest BCUT2D eigenvalue weighted by Crippen LogP contribution is -2.56. The van der Waals surface area contributed by atoms with Crippen LogP contribution in [0, 0.1) is 11.8 Å². The molecule has 19 heavy (non-hydrogen) atoms. The van der Waals surface area contributed by atoms with Crippen LogP contribution in [-0.4, -0.2) is 48.9 Å². The lowest BCUT2D eigenvalue weighted by Gasteiger charge is -2.35. The number of amides is 2. The highest BCUT2D eigenvalue weighted by Crippen LogP contribution is 2.23. The Morgan fingerprint density at radius 3 is 2.95 bits per heavy atom. The van der Waals surface area contributed by atoms with Crippen LogP contribution >= 0.6 is 0 Å². The number of carbonyl (C=O) groups is 2. The molecule has 2 heterocycles. The van der Waals surface area contributed by atoms with Gasteiger partial charge in [-0.15, -0.1) is 0 Å². The van der Waals surface area contributed by atoms with E-state index in [-0.39, 0.29) is 17.9 Å². The number of piperidine rings is 1. The summed E-state index contributed by atoms with van der Waals surface area (Å²) in [6.07, 6.45) is 2.97. The fourth-order valence-corrected chi connectivity index (χ4v) is 3.05. The van der Waals surface area contributed by atoms with Crippen LogP contribution < -0.4 is 10.6 Å². The molecule has 0 aromatic carbocycles. The van der Waals surface area contributed by atoms with E-state index < -0.39 is 0 Å². The molecule has 0 saturated carbocycles. The number of piperazine rings is 1. The minimum atomic E-state index is -0.321. The minimum absolute atomic E-state index is 0.0356. The summed E-state index contributed by atoms with van der Waals surface area (Å²) in [6, 6.07) is -0.321. The van der Waals surface area contributed by atoms with Crippen LogP contribution in [0.2, 0.25) is 0 Å². The van der Waals surface area contributed by atoms with E-state index in [9.17, 15) is 9.59 Å². The van der Waals surface area contributed by atoms with Crippen LogP contribution in [0.5, 0.6) is 0 Å². The summed E-state index contributed by atoms with van der Waals surface area (Å²) in [5.74, 6) is 1.07. The van der Waals surface area contributed by atoms with Crippen LogP contribution in [0.1, 0.15) is 33.1 Å². The van der Waals surface area contributed by atoms with Gasteiger partial charge in [-0.3, -0.25) is 9.59 Å². The molecule has 0 aliphatic carbocycles. The number of nitrogens with zero attached hydrogens (tertiary/aromatic N) is 1. The molecule has 0 bridgehead atoms. The maximum atomic E-state index is 12.3. The van der Waals surface area contributed by atoms with E-state index in [0.717, 1.165) is 13.1 Å². The molecule has 2 aliphatic heterocycles. The lowest BCUT2D eigenvalue weighted by molar-refractivity contribution is -0.143. The van der Waals surface area contributed by atoms with Crippen molar-refractivity contribution < 1.29 is 9.59 Å². The van der Waals surface area contributed by atoms with E-state index in [0.29, 0.717) is 31.3 Å². The first-order chi connectivity index (χ1) is 9.09. The minimum Gasteiger partial charge on any atom is -0.353 e. The van der Waals surface area contributed by atoms with Crippen molar-refractivity contribution in [3.05, 3.63) is 0 Å². The Morgan fingerprint density at radius 2 is 2.26 bits per heavy atom. The molecular weight excluding hydrogens is 242 g/mol. The van der Waals surface area contributed by atoms with Crippen LogP contribution in [0.25, 0.3) is 0 Å². The highest BCUT2D eigenvalue weighted by atomic mass is 16.2. The maximum Gasteiger partial charge on any atom is 0.242 e. The van der Waals surface area contributed by atoms with Gasteiger partial charge in [-0.05, 0) is 44.7 Å². The predicted molar refractivity (Wildman–Crippen MR) is 73.6 cm³/mol. The molecule has 0 aromatic heterocycles. The van der Waals surface area contributed by atoms with E-state index in [1.807, 2.05) is 0 Å². The molecule has 2 N–H and O–H groups in total. The van der Waals surface area contributed by atoms with Crippen molar-refractivity contribution in [2.45, 2.75) is 39.2 Å². The fraction of sp³-hybridized carbons (Fsp3) is 0.857. The third-order valence-corrected chi connectivity index (χ3v) is 4.46. The maximum absolute atomic E-state index is 12.3. The largest absolute Gasteiger partial charge is 0.353 e. The van der Waals surface area contributed by atoms with E-state index in [4.69, 9.17) is 0 Å². The van der Waals surface area contributed by atoms with Crippen molar-refractivity contribution in [1.29, 1.82) is 0 Å². The Labute approximate surface area is 115 Å². The molecule has 0 spiro atoms. The van der Waals surface area contributed by atoms with Gasteiger partial charge in [0.05, 0.1) is 0 Å². The average Bonchev–Trinajstić information content (AvgIpc) is 2.42. The van der Waals surface area contributed by atoms with Gasteiger partial charge in [0.25, 0.3) is 0 Å². The van der Waals surface area contributed by atoms with Crippen molar-refractivity contribution >= 4 is 11.8 Å². The number of carbonyl (C=O) groups excluding carboxylic acids is 2. The summed E-state index contributed by atoms with van der Waals surface area (Å²) >= 11 is 0. The van der Waals surface area contributed by atoms with E-state index in [1.165, 1.54) is 12.8 Å². The summed E-state index contributed by atoms with van der Waals surface area (Å²) in [5, 5.41) is 6.19. The van der Waals surface area contributed by atoms with Gasteiger partial charge < -0.3 is 15.5 Å². The van der Waals surface area contributed by atoms with Gasteiger partial charge in [0.1, 0.15) is 6.04 Å². The first kappa shape index (κ1) is 14.3. The van der Waals surface area contributed by atoms with Crippen LogP contribution in [0.4, 0.5) is 0 Å². The second-order valence-corrected chi connectivity index (χ2v) is 5.84. The summed E-state index contributed by atoms with van der Waals surface area (Å²) in [5.41, 5.74) is 0. The highest BCUT2D eigenvalue weighted by molar-refractivity contribution is 5.88. The fourth-order valence-electron chi connectivity index (χ4n) is 3.05. The third kappa shape index (κ3) is 3.47. The van der Waals surface area contributed by atoms with Crippen LogP contribution in [0.3, 0.4) is 0 Å². The Hall–Kier alpha value is -1.10. The molecule has 2 fully saturated rings. The zero-order valence-corrected chi connectivity index (χ0v) is 11.9. The number of hydrogen-bond acceptors (Lipinski definition) is 3. The van der Waals surface area contributed by atoms with Gasteiger partial charge in [0.2, 0.25) is 11.8 Å². The van der Waals surface area contributed by atoms with E-state index in [2.05, 4.69) is 17.6 Å². The zero-order chi connectivity index (χ0) is 13.8. The molecule has 5 heteroatoms. The number of rotatable bonds is 3. The number of hydrogen-bond donors (Lipinski definition) is 2. The molecule has 0 radical (unpaired) electrons. The van der Waals surface area contributed by atoms with E-state index >= 15 is 0 Å². The molecule has 3 unspecified atom stereocenters. The number of nitrogens with one attached hydrogen (secondary N) is 2. The van der Waals surface area contributed by atoms with Gasteiger partial charge >= 0.3 is 0 Å². The van der Waals surface area contributed by atoms with Crippen LogP contribution in [-0.2, 0) is 9.59 Å². The Balaban J connectivity index is 1.87. The molecule has 2 amide bonds. The topological polar surface area (TPSA) is 61.4 Å². The molecule has 3 atom stereocenters. The predicted octanol–water partition coefficient (Wildman–Crippen LogP) is 0.359. The molecule has 2 rings (SSSR count). The van der Waals surface area contributed by atoms with Crippen molar-refractivity contribution in [2.75, 3.05) is 26.2 Å². The summed E-state index contributed by atoms with van der Waals surface area (Å²) in [7, 11) is 0. The summed E-state index contributed by atoms with van der Waals surface area (Å²) in [6.45, 7) is 7.30. The summed E-state index contributed by atoms with van der Waals surface area (Å²) in [4.78, 5) is 25.6. The summed E-state index contributed by atoms with van der Waals surface area (Å²) < 4.78 is 0. The van der Waals surface area contributed by atoms with Gasteiger partial charge in [0.15, 0.2) is 0 Å². The Morgan fingerprint density at radius 1 is 1.47 bits per heavy atom. The first-order valence-corrected chi connectivity index (χ1v) is 7.37. The zero-order valence-electron chi connectivity index (χ0n) is 11.9. The third-order valence-electron chi connectivity index (χ3n) is 4.46. The van der Waals surface area contributed by atoms with Gasteiger partial charge in [0, 0.05) is 19.5 Å². The first-order valence-electron chi connectivity index (χ1n) is 7.37. The van der Waals surface area contributed by atoms with E-state index in [1.54, 1.807) is 11.8 Å². The van der Waals surface area contributed by atoms with Gasteiger partial charge in [-0.25, -0.2) is 0 Å². The lowest BCUT2D eigenvalue weighted by atomic mass is 9.85. The Kier molecular flexibility index (Phi) is 4.80. The van der Waals surface area contributed by atoms with Crippen molar-refractivity contribution in [3.63, 3.8) is 0 Å². The molecule has 2 aliphatic rings. The molecular formula is C14H25N3O2. The second kappa shape index (κ2) is 6.37. The standard InChI is InChI=1S/C14H25N3O2/c1-10(12-4-3-5-15-9-12)8-13(18)17-7-6-16-14(19)11(17)2/h10-12,15H,3-9H2,1-2H3,(H,16,19). The molecule has 108 valence electrons. The average molecular weight is 267 g/mol. The van der Waals surface area contributed by atoms with Crippen molar-refractivity contribution in [2.24, 2.45) is 11.8 Å². The van der Waals surface area contributed by atoms with Gasteiger partial charge in [-0.1, -0.05) is 6.92 Å². The highest BCUT2D eigenvalue weighted by Gasteiger charge is 2.31. The smallest absolute Gasteiger partial charge is 0.242 e. The van der Waals surface area contributed by atoms with Crippen molar-refractivity contribution in [1.82, 2.24) is 15.5 Å². The monoisotopic (exact) mass is 267 g/mol. The normalized spacial score (nSPS) is 29.8. The van der Waals surface area contributed by atoms with Crippen molar-refractivity contribution in [3.8, 4) is 0 Å². The molecule has 2 saturated heterocycles. The molecule has 0 aromatic rings. The quantitative estimate of drug-likeness (QED) is 0.776. The Bertz CT molecular complexity index is 340.